The van der Waals surface area contributed by atoms with Gasteiger partial charge in [0.1, 0.15) is 15.8 Å². The third kappa shape index (κ3) is 3.24. The van der Waals surface area contributed by atoms with E-state index in [0.29, 0.717) is 26.3 Å². The largest absolute Gasteiger partial charge is 0.356 e. The van der Waals surface area contributed by atoms with Crippen LogP contribution in [0.5, 0.6) is 0 Å². The Kier molecular flexibility index (Phi) is 5.25. The molecule has 0 aromatic carbocycles. The standard InChI is InChI=1S/C20H22N4O2S2/c1-3-13(2)24-19(26)15(28-20(24)27)12-14-17(22-9-6-7-10-22)21-16-8-4-5-11-23(16)18(14)25/h4-5,8,11-13H,3,6-7,9-10H2,1-2H3. The molecule has 2 aliphatic heterocycles. The molecule has 2 aromatic heterocycles. The quantitative estimate of drug-likeness (QED) is 0.565. The molecule has 1 unspecified atom stereocenters. The highest BCUT2D eigenvalue weighted by Gasteiger charge is 2.35. The second kappa shape index (κ2) is 7.67. The van der Waals surface area contributed by atoms with Gasteiger partial charge in [0.25, 0.3) is 11.5 Å². The molecule has 0 spiro atoms. The maximum absolute atomic E-state index is 13.2. The number of pyridine rings is 1. The van der Waals surface area contributed by atoms with Gasteiger partial charge in [0.05, 0.1) is 10.5 Å². The summed E-state index contributed by atoms with van der Waals surface area (Å²) in [6, 6.07) is 5.53. The number of thiocarbonyl (C=S) groups is 1. The van der Waals surface area contributed by atoms with Gasteiger partial charge in [-0.1, -0.05) is 37.0 Å². The van der Waals surface area contributed by atoms with Crippen LogP contribution in [-0.2, 0) is 4.79 Å². The Morgan fingerprint density at radius 2 is 2.04 bits per heavy atom. The molecular formula is C20H22N4O2S2. The second-order valence-electron chi connectivity index (χ2n) is 7.09. The summed E-state index contributed by atoms with van der Waals surface area (Å²) < 4.78 is 2.07. The van der Waals surface area contributed by atoms with Crippen molar-refractivity contribution in [2.75, 3.05) is 18.0 Å². The molecule has 2 fully saturated rings. The van der Waals surface area contributed by atoms with E-state index in [0.717, 1.165) is 32.4 Å². The second-order valence-corrected chi connectivity index (χ2v) is 8.76. The van der Waals surface area contributed by atoms with E-state index in [1.165, 1.54) is 16.2 Å². The van der Waals surface area contributed by atoms with Crippen LogP contribution in [0.4, 0.5) is 5.82 Å². The lowest BCUT2D eigenvalue weighted by Crippen LogP contribution is -2.36. The smallest absolute Gasteiger partial charge is 0.267 e. The van der Waals surface area contributed by atoms with Crippen LogP contribution < -0.4 is 10.5 Å². The number of carbonyl (C=O) groups is 1. The Balaban J connectivity index is 1.86. The van der Waals surface area contributed by atoms with E-state index in [9.17, 15) is 9.59 Å². The molecular weight excluding hydrogens is 392 g/mol. The molecule has 146 valence electrons. The maximum atomic E-state index is 13.2. The molecule has 28 heavy (non-hydrogen) atoms. The third-order valence-corrected chi connectivity index (χ3v) is 6.62. The van der Waals surface area contributed by atoms with Gasteiger partial charge in [-0.2, -0.15) is 0 Å². The lowest BCUT2D eigenvalue weighted by Gasteiger charge is -2.21. The van der Waals surface area contributed by atoms with Crippen molar-refractivity contribution < 1.29 is 4.79 Å². The summed E-state index contributed by atoms with van der Waals surface area (Å²) in [6.07, 6.45) is 6.36. The Hall–Kier alpha value is -2.19. The summed E-state index contributed by atoms with van der Waals surface area (Å²) in [5.41, 5.74) is 0.898. The third-order valence-electron chi connectivity index (χ3n) is 5.29. The summed E-state index contributed by atoms with van der Waals surface area (Å²) in [6.45, 7) is 5.74. The van der Waals surface area contributed by atoms with Gasteiger partial charge in [0.15, 0.2) is 0 Å². The topological polar surface area (TPSA) is 57.9 Å². The van der Waals surface area contributed by atoms with Crippen molar-refractivity contribution in [2.45, 2.75) is 39.2 Å². The van der Waals surface area contributed by atoms with Crippen molar-refractivity contribution in [3.8, 4) is 0 Å². The van der Waals surface area contributed by atoms with E-state index < -0.39 is 0 Å². The highest BCUT2D eigenvalue weighted by Crippen LogP contribution is 2.35. The molecule has 0 radical (unpaired) electrons. The molecule has 1 amide bonds. The molecule has 8 heteroatoms. The van der Waals surface area contributed by atoms with Gasteiger partial charge in [-0.3, -0.25) is 18.9 Å². The number of carbonyl (C=O) groups excluding carboxylic acids is 1. The fourth-order valence-corrected chi connectivity index (χ4v) is 5.00. The van der Waals surface area contributed by atoms with Crippen LogP contribution in [0.2, 0.25) is 0 Å². The van der Waals surface area contributed by atoms with Crippen LogP contribution in [0.3, 0.4) is 0 Å². The Bertz CT molecular complexity index is 1040. The van der Waals surface area contributed by atoms with Crippen LogP contribution in [0.25, 0.3) is 11.7 Å². The number of rotatable bonds is 4. The van der Waals surface area contributed by atoms with E-state index >= 15 is 0 Å². The molecule has 4 rings (SSSR count). The summed E-state index contributed by atoms with van der Waals surface area (Å²) in [7, 11) is 0. The zero-order valence-corrected chi connectivity index (χ0v) is 17.6. The zero-order valence-electron chi connectivity index (χ0n) is 15.9. The number of hydrogen-bond donors (Lipinski definition) is 0. The first-order chi connectivity index (χ1) is 13.5. The molecule has 2 aliphatic rings. The van der Waals surface area contributed by atoms with Crippen molar-refractivity contribution in [2.24, 2.45) is 0 Å². The molecule has 0 saturated carbocycles. The van der Waals surface area contributed by atoms with Crippen molar-refractivity contribution in [1.29, 1.82) is 0 Å². The first kappa shape index (κ1) is 19.1. The fourth-order valence-electron chi connectivity index (χ4n) is 3.56. The summed E-state index contributed by atoms with van der Waals surface area (Å²) in [4.78, 5) is 35.2. The first-order valence-electron chi connectivity index (χ1n) is 9.54. The Labute approximate surface area is 173 Å². The predicted molar refractivity (Wildman–Crippen MR) is 118 cm³/mol. The Morgan fingerprint density at radius 1 is 1.29 bits per heavy atom. The van der Waals surface area contributed by atoms with Gasteiger partial charge in [0, 0.05) is 25.3 Å². The van der Waals surface area contributed by atoms with Gasteiger partial charge in [-0.05, 0) is 44.4 Å². The number of fused-ring (bicyclic) bond motifs is 1. The fraction of sp³-hybridized carbons (Fsp3) is 0.400. The van der Waals surface area contributed by atoms with Crippen molar-refractivity contribution in [1.82, 2.24) is 14.3 Å². The number of aromatic nitrogens is 2. The van der Waals surface area contributed by atoms with Gasteiger partial charge >= 0.3 is 0 Å². The highest BCUT2D eigenvalue weighted by molar-refractivity contribution is 8.26. The number of thioether (sulfide) groups is 1. The number of anilines is 1. The molecule has 0 aliphatic carbocycles. The zero-order chi connectivity index (χ0) is 19.8. The minimum absolute atomic E-state index is 0.0345. The van der Waals surface area contributed by atoms with E-state index in [4.69, 9.17) is 17.2 Å². The molecule has 1 atom stereocenters. The van der Waals surface area contributed by atoms with E-state index in [1.807, 2.05) is 26.0 Å². The van der Waals surface area contributed by atoms with Gasteiger partial charge < -0.3 is 4.90 Å². The van der Waals surface area contributed by atoms with Crippen molar-refractivity contribution >= 4 is 51.7 Å². The Morgan fingerprint density at radius 3 is 2.75 bits per heavy atom. The molecule has 2 aromatic rings. The molecule has 0 N–H and O–H groups in total. The first-order valence-corrected chi connectivity index (χ1v) is 10.8. The van der Waals surface area contributed by atoms with E-state index in [-0.39, 0.29) is 17.5 Å². The lowest BCUT2D eigenvalue weighted by atomic mass is 10.2. The van der Waals surface area contributed by atoms with Crippen LogP contribution in [0.15, 0.2) is 34.1 Å². The SMILES string of the molecule is CCC(C)N1C(=O)C(=Cc2c(N3CCCC3)nc3ccccn3c2=O)SC1=S. The van der Waals surface area contributed by atoms with Crippen molar-refractivity contribution in [3.05, 3.63) is 45.2 Å². The lowest BCUT2D eigenvalue weighted by molar-refractivity contribution is -0.123. The van der Waals surface area contributed by atoms with E-state index in [1.54, 1.807) is 23.2 Å². The normalized spacial score (nSPS) is 20.0. The minimum Gasteiger partial charge on any atom is -0.356 e. The molecule has 4 heterocycles. The molecule has 6 nitrogen and oxygen atoms in total. The average Bonchev–Trinajstić information content (AvgIpc) is 3.32. The minimum atomic E-state index is -0.165. The van der Waals surface area contributed by atoms with Crippen molar-refractivity contribution in [3.63, 3.8) is 0 Å². The van der Waals surface area contributed by atoms with E-state index in [2.05, 4.69) is 4.90 Å². The maximum Gasteiger partial charge on any atom is 0.267 e. The van der Waals surface area contributed by atoms with Crippen LogP contribution in [-0.4, -0.2) is 43.6 Å². The summed E-state index contributed by atoms with van der Waals surface area (Å²) in [5, 5.41) is 0. The van der Waals surface area contributed by atoms with Crippen LogP contribution >= 0.6 is 24.0 Å². The predicted octanol–water partition coefficient (Wildman–Crippen LogP) is 3.29. The van der Waals surface area contributed by atoms with Crippen LogP contribution in [0.1, 0.15) is 38.7 Å². The average molecular weight is 415 g/mol. The number of amides is 1. The highest BCUT2D eigenvalue weighted by atomic mass is 32.2. The van der Waals surface area contributed by atoms with Gasteiger partial charge in [-0.15, -0.1) is 0 Å². The van der Waals surface area contributed by atoms with Gasteiger partial charge in [0.2, 0.25) is 0 Å². The van der Waals surface area contributed by atoms with Gasteiger partial charge in [-0.25, -0.2) is 4.98 Å². The summed E-state index contributed by atoms with van der Waals surface area (Å²) in [5.74, 6) is 0.525. The molecule has 0 bridgehead atoms. The number of nitrogens with zero attached hydrogens (tertiary/aromatic N) is 4. The molecule has 2 saturated heterocycles. The monoisotopic (exact) mass is 414 g/mol. The summed E-state index contributed by atoms with van der Waals surface area (Å²) >= 11 is 6.68. The van der Waals surface area contributed by atoms with Crippen LogP contribution in [0, 0.1) is 0 Å². The number of hydrogen-bond acceptors (Lipinski definition) is 6.